The van der Waals surface area contributed by atoms with Gasteiger partial charge in [0.15, 0.2) is 0 Å². The van der Waals surface area contributed by atoms with Gasteiger partial charge in [0.1, 0.15) is 5.82 Å². The van der Waals surface area contributed by atoms with Crippen LogP contribution in [0.2, 0.25) is 5.02 Å². The van der Waals surface area contributed by atoms with Crippen LogP contribution in [-0.2, 0) is 4.79 Å². The van der Waals surface area contributed by atoms with Crippen molar-refractivity contribution >= 4 is 35.1 Å². The number of nitrogens with one attached hydrogen (secondary N) is 1. The lowest BCUT2D eigenvalue weighted by Gasteiger charge is -2.09. The highest BCUT2D eigenvalue weighted by Gasteiger charge is 2.14. The highest BCUT2D eigenvalue weighted by molar-refractivity contribution is 8.00. The molecule has 1 aromatic heterocycles. The number of aromatic nitrogens is 2. The van der Waals surface area contributed by atoms with E-state index >= 15 is 0 Å². The van der Waals surface area contributed by atoms with Crippen LogP contribution >= 0.6 is 23.4 Å². The molecule has 0 bridgehead atoms. The van der Waals surface area contributed by atoms with Crippen molar-refractivity contribution in [1.29, 1.82) is 0 Å². The molecule has 1 heterocycles. The highest BCUT2D eigenvalue weighted by atomic mass is 35.5. The maximum atomic E-state index is 12.6. The fraction of sp³-hybridized carbons (Fsp3) is 0.0435. The molecule has 0 saturated heterocycles. The first-order chi connectivity index (χ1) is 14.2. The Balaban J connectivity index is 1.57. The number of thioether (sulfide) groups is 1. The Labute approximate surface area is 178 Å². The minimum Gasteiger partial charge on any atom is -0.310 e. The van der Waals surface area contributed by atoms with Crippen LogP contribution < -0.4 is 5.32 Å². The molecule has 0 spiro atoms. The maximum Gasteiger partial charge on any atom is 0.235 e. The van der Waals surface area contributed by atoms with Crippen molar-refractivity contribution in [3.63, 3.8) is 0 Å². The number of nitrogens with zero attached hydrogens (tertiary/aromatic N) is 2. The molecule has 0 radical (unpaired) electrons. The van der Waals surface area contributed by atoms with Gasteiger partial charge in [-0.25, -0.2) is 4.68 Å². The van der Waals surface area contributed by atoms with Gasteiger partial charge in [-0.1, -0.05) is 72.3 Å². The van der Waals surface area contributed by atoms with E-state index in [1.807, 2.05) is 91.0 Å². The first-order valence-electron chi connectivity index (χ1n) is 9.09. The first-order valence-corrected chi connectivity index (χ1v) is 10.4. The summed E-state index contributed by atoms with van der Waals surface area (Å²) in [4.78, 5) is 13.5. The van der Waals surface area contributed by atoms with E-state index < -0.39 is 0 Å². The summed E-state index contributed by atoms with van der Waals surface area (Å²) >= 11 is 7.58. The Morgan fingerprint density at radius 1 is 0.931 bits per heavy atom. The largest absolute Gasteiger partial charge is 0.310 e. The van der Waals surface area contributed by atoms with E-state index in [1.165, 1.54) is 11.8 Å². The third kappa shape index (κ3) is 4.70. The summed E-state index contributed by atoms with van der Waals surface area (Å²) in [5.41, 5.74) is 2.66. The predicted molar refractivity (Wildman–Crippen MR) is 120 cm³/mol. The van der Waals surface area contributed by atoms with Gasteiger partial charge in [0.25, 0.3) is 0 Å². The van der Waals surface area contributed by atoms with Crippen LogP contribution in [0.3, 0.4) is 0 Å². The second-order valence-corrected chi connectivity index (χ2v) is 7.72. The van der Waals surface area contributed by atoms with E-state index in [-0.39, 0.29) is 11.7 Å². The number of anilines is 1. The Kier molecular flexibility index (Phi) is 5.98. The molecule has 0 saturated carbocycles. The molecule has 29 heavy (non-hydrogen) atoms. The number of amides is 1. The van der Waals surface area contributed by atoms with Crippen molar-refractivity contribution < 1.29 is 4.79 Å². The first kappa shape index (κ1) is 19.3. The van der Waals surface area contributed by atoms with Crippen molar-refractivity contribution in [2.45, 2.75) is 4.90 Å². The number of carbonyl (C=O) groups excluding carboxylic acids is 1. The zero-order valence-corrected chi connectivity index (χ0v) is 17.0. The van der Waals surface area contributed by atoms with E-state index in [9.17, 15) is 4.79 Å². The van der Waals surface area contributed by atoms with Crippen LogP contribution in [-0.4, -0.2) is 21.4 Å². The third-order valence-corrected chi connectivity index (χ3v) is 5.76. The van der Waals surface area contributed by atoms with Crippen molar-refractivity contribution in [2.75, 3.05) is 11.1 Å². The SMILES string of the molecule is O=C(CSc1ccccc1Cl)Nc1cc(-c2ccccc2)nn1-c1ccccc1. The maximum absolute atomic E-state index is 12.6. The van der Waals surface area contributed by atoms with Crippen LogP contribution in [0.25, 0.3) is 16.9 Å². The van der Waals surface area contributed by atoms with Gasteiger partial charge in [-0.05, 0) is 24.3 Å². The molecule has 0 aliphatic carbocycles. The van der Waals surface area contributed by atoms with Gasteiger partial charge in [0.05, 0.1) is 22.2 Å². The van der Waals surface area contributed by atoms with Gasteiger partial charge >= 0.3 is 0 Å². The Bertz CT molecular complexity index is 1110. The lowest BCUT2D eigenvalue weighted by molar-refractivity contribution is -0.113. The van der Waals surface area contributed by atoms with Gasteiger partial charge in [0.2, 0.25) is 5.91 Å². The van der Waals surface area contributed by atoms with Crippen LogP contribution in [0.4, 0.5) is 5.82 Å². The molecule has 1 N–H and O–H groups in total. The fourth-order valence-electron chi connectivity index (χ4n) is 2.87. The normalized spacial score (nSPS) is 10.7. The predicted octanol–water partition coefficient (Wildman–Crippen LogP) is 5.92. The van der Waals surface area contributed by atoms with Crippen molar-refractivity contribution in [3.8, 4) is 16.9 Å². The zero-order chi connectivity index (χ0) is 20.1. The average molecular weight is 420 g/mol. The van der Waals surface area contributed by atoms with Crippen LogP contribution in [0, 0.1) is 0 Å². The Morgan fingerprint density at radius 2 is 1.59 bits per heavy atom. The molecule has 4 nitrogen and oxygen atoms in total. The number of hydrogen-bond acceptors (Lipinski definition) is 3. The van der Waals surface area contributed by atoms with Crippen molar-refractivity contribution in [3.05, 3.63) is 96.0 Å². The number of hydrogen-bond donors (Lipinski definition) is 1. The summed E-state index contributed by atoms with van der Waals surface area (Å²) in [7, 11) is 0. The van der Waals surface area contributed by atoms with Gasteiger partial charge in [-0.3, -0.25) is 4.79 Å². The molecule has 0 atom stereocenters. The van der Waals surface area contributed by atoms with Crippen molar-refractivity contribution in [1.82, 2.24) is 9.78 Å². The van der Waals surface area contributed by atoms with E-state index in [0.717, 1.165) is 21.8 Å². The van der Waals surface area contributed by atoms with E-state index in [4.69, 9.17) is 16.7 Å². The second-order valence-electron chi connectivity index (χ2n) is 6.30. The number of carbonyl (C=O) groups is 1. The summed E-state index contributed by atoms with van der Waals surface area (Å²) in [6.07, 6.45) is 0. The summed E-state index contributed by atoms with van der Waals surface area (Å²) in [6.45, 7) is 0. The van der Waals surface area contributed by atoms with Gasteiger partial charge < -0.3 is 5.32 Å². The minimum absolute atomic E-state index is 0.119. The number of halogens is 1. The molecule has 0 unspecified atom stereocenters. The van der Waals surface area contributed by atoms with Crippen LogP contribution in [0.5, 0.6) is 0 Å². The lowest BCUT2D eigenvalue weighted by atomic mass is 10.2. The number of para-hydroxylation sites is 1. The van der Waals surface area contributed by atoms with Crippen molar-refractivity contribution in [2.24, 2.45) is 0 Å². The summed E-state index contributed by atoms with van der Waals surface area (Å²) in [6, 6.07) is 29.0. The molecule has 4 aromatic rings. The van der Waals surface area contributed by atoms with E-state index in [0.29, 0.717) is 10.8 Å². The molecule has 144 valence electrons. The van der Waals surface area contributed by atoms with E-state index in [1.54, 1.807) is 4.68 Å². The molecule has 3 aromatic carbocycles. The smallest absolute Gasteiger partial charge is 0.235 e. The standard InChI is InChI=1S/C23H18ClN3OS/c24-19-13-7-8-14-21(19)29-16-23(28)25-22-15-20(17-9-3-1-4-10-17)26-27(22)18-11-5-2-6-12-18/h1-15H,16H2,(H,25,28). The van der Waals surface area contributed by atoms with Crippen LogP contribution in [0.15, 0.2) is 95.9 Å². The average Bonchev–Trinajstić information content (AvgIpc) is 3.18. The lowest BCUT2D eigenvalue weighted by Crippen LogP contribution is -2.16. The van der Waals surface area contributed by atoms with Crippen LogP contribution in [0.1, 0.15) is 0 Å². The third-order valence-electron chi connectivity index (χ3n) is 4.24. The van der Waals surface area contributed by atoms with Gasteiger partial charge in [0, 0.05) is 16.5 Å². The van der Waals surface area contributed by atoms with Gasteiger partial charge in [-0.2, -0.15) is 5.10 Å². The Hall–Kier alpha value is -3.02. The summed E-state index contributed by atoms with van der Waals surface area (Å²) in [5.74, 6) is 0.760. The molecule has 1 amide bonds. The zero-order valence-electron chi connectivity index (χ0n) is 15.5. The summed E-state index contributed by atoms with van der Waals surface area (Å²) in [5, 5.41) is 8.34. The second kappa shape index (κ2) is 8.99. The molecular formula is C23H18ClN3OS. The highest BCUT2D eigenvalue weighted by Crippen LogP contribution is 2.28. The quantitative estimate of drug-likeness (QED) is 0.394. The number of benzene rings is 3. The van der Waals surface area contributed by atoms with E-state index in [2.05, 4.69) is 5.32 Å². The molecule has 0 aliphatic heterocycles. The molecule has 4 rings (SSSR count). The molecule has 0 aliphatic rings. The molecule has 0 fully saturated rings. The molecule has 6 heteroatoms. The summed E-state index contributed by atoms with van der Waals surface area (Å²) < 4.78 is 1.75. The Morgan fingerprint density at radius 3 is 2.31 bits per heavy atom. The molecular weight excluding hydrogens is 402 g/mol. The fourth-order valence-corrected chi connectivity index (χ4v) is 3.91. The van der Waals surface area contributed by atoms with Gasteiger partial charge in [-0.15, -0.1) is 11.8 Å². The monoisotopic (exact) mass is 419 g/mol. The minimum atomic E-state index is -0.119. The topological polar surface area (TPSA) is 46.9 Å². The number of rotatable bonds is 6.